The molecule has 1 fully saturated rings. The largest absolute Gasteiger partial charge is 0.372 e. The maximum Gasteiger partial charge on any atom is 0.184 e. The zero-order chi connectivity index (χ0) is 12.3. The van der Waals surface area contributed by atoms with E-state index < -0.39 is 0 Å². The van der Waals surface area contributed by atoms with E-state index in [9.17, 15) is 0 Å². The molecule has 17 heavy (non-hydrogen) atoms. The Kier molecular flexibility index (Phi) is 4.02. The first-order valence-electron chi connectivity index (χ1n) is 6.36. The molecule has 2 unspecified atom stereocenters. The molecule has 2 atom stereocenters. The molecular weight excluding hydrogens is 214 g/mol. The Morgan fingerprint density at radius 1 is 1.18 bits per heavy atom. The van der Waals surface area contributed by atoms with Crippen LogP contribution in [0.1, 0.15) is 32.6 Å². The van der Waals surface area contributed by atoms with Gasteiger partial charge in [-0.15, -0.1) is 0 Å². The summed E-state index contributed by atoms with van der Waals surface area (Å²) in [5.74, 6) is 0. The van der Waals surface area contributed by atoms with Gasteiger partial charge < -0.3 is 14.4 Å². The van der Waals surface area contributed by atoms with Crippen molar-refractivity contribution < 1.29 is 9.47 Å². The normalized spacial score (nSPS) is 23.9. The summed E-state index contributed by atoms with van der Waals surface area (Å²) in [6, 6.07) is 8.46. The Morgan fingerprint density at radius 2 is 1.82 bits per heavy atom. The molecule has 94 valence electrons. The quantitative estimate of drug-likeness (QED) is 0.801. The van der Waals surface area contributed by atoms with Gasteiger partial charge in [0.05, 0.1) is 12.7 Å². The van der Waals surface area contributed by atoms with Crippen LogP contribution in [-0.4, -0.2) is 25.8 Å². The highest BCUT2D eigenvalue weighted by molar-refractivity contribution is 5.47. The third-order valence-corrected chi connectivity index (χ3v) is 3.13. The molecule has 3 nitrogen and oxygen atoms in total. The van der Waals surface area contributed by atoms with E-state index in [-0.39, 0.29) is 12.4 Å². The van der Waals surface area contributed by atoms with Crippen molar-refractivity contribution >= 4 is 5.69 Å². The average Bonchev–Trinajstić information content (AvgIpc) is 2.78. The number of ether oxygens (including phenoxy) is 2. The van der Waals surface area contributed by atoms with Gasteiger partial charge in [0, 0.05) is 24.3 Å². The summed E-state index contributed by atoms with van der Waals surface area (Å²) in [7, 11) is 0. The van der Waals surface area contributed by atoms with Gasteiger partial charge in [0.1, 0.15) is 0 Å². The van der Waals surface area contributed by atoms with Crippen molar-refractivity contribution in [1.29, 1.82) is 0 Å². The van der Waals surface area contributed by atoms with Crippen molar-refractivity contribution in [3.8, 4) is 0 Å². The Hall–Kier alpha value is -1.06. The van der Waals surface area contributed by atoms with Crippen LogP contribution in [0.2, 0.25) is 0 Å². The average molecular weight is 235 g/mol. The van der Waals surface area contributed by atoms with Crippen LogP contribution in [0.25, 0.3) is 0 Å². The van der Waals surface area contributed by atoms with E-state index >= 15 is 0 Å². The molecule has 0 aromatic heterocycles. The van der Waals surface area contributed by atoms with Crippen LogP contribution in [-0.2, 0) is 9.47 Å². The zero-order valence-corrected chi connectivity index (χ0v) is 10.8. The molecule has 2 rings (SSSR count). The molecule has 1 aromatic carbocycles. The molecule has 0 spiro atoms. The molecule has 1 heterocycles. The molecule has 0 N–H and O–H groups in total. The van der Waals surface area contributed by atoms with Crippen LogP contribution in [0.3, 0.4) is 0 Å². The van der Waals surface area contributed by atoms with E-state index in [2.05, 4.69) is 43.0 Å². The number of rotatable bonds is 4. The Balaban J connectivity index is 2.07. The lowest BCUT2D eigenvalue weighted by atomic mass is 10.2. The van der Waals surface area contributed by atoms with E-state index in [0.29, 0.717) is 6.61 Å². The molecule has 3 heteroatoms. The van der Waals surface area contributed by atoms with Crippen LogP contribution < -0.4 is 4.90 Å². The first kappa shape index (κ1) is 12.4. The van der Waals surface area contributed by atoms with Gasteiger partial charge in [-0.3, -0.25) is 0 Å². The standard InChI is InChI=1S/C14H21NO2/c1-4-15(5-2)13-8-6-12(7-9-13)14-16-10-11(3)17-14/h6-9,11,14H,4-5,10H2,1-3H3. The van der Waals surface area contributed by atoms with Crippen molar-refractivity contribution in [3.63, 3.8) is 0 Å². The fourth-order valence-corrected chi connectivity index (χ4v) is 2.12. The van der Waals surface area contributed by atoms with Gasteiger partial charge in [0.2, 0.25) is 0 Å². The molecular formula is C14H21NO2. The summed E-state index contributed by atoms with van der Waals surface area (Å²) >= 11 is 0. The number of benzene rings is 1. The second kappa shape index (κ2) is 5.52. The second-order valence-electron chi connectivity index (χ2n) is 4.38. The minimum absolute atomic E-state index is 0.184. The van der Waals surface area contributed by atoms with Gasteiger partial charge in [0.15, 0.2) is 6.29 Å². The SMILES string of the molecule is CCN(CC)c1ccc(C2OCC(C)O2)cc1. The molecule has 1 aliphatic rings. The number of nitrogens with zero attached hydrogens (tertiary/aromatic N) is 1. The molecule has 1 aliphatic heterocycles. The molecule has 0 amide bonds. The van der Waals surface area contributed by atoms with Crippen LogP contribution in [0, 0.1) is 0 Å². The topological polar surface area (TPSA) is 21.7 Å². The second-order valence-corrected chi connectivity index (χ2v) is 4.38. The van der Waals surface area contributed by atoms with E-state index in [1.54, 1.807) is 0 Å². The van der Waals surface area contributed by atoms with Crippen molar-refractivity contribution in [2.24, 2.45) is 0 Å². The highest BCUT2D eigenvalue weighted by Crippen LogP contribution is 2.28. The highest BCUT2D eigenvalue weighted by atomic mass is 16.7. The fourth-order valence-electron chi connectivity index (χ4n) is 2.12. The minimum atomic E-state index is -0.184. The summed E-state index contributed by atoms with van der Waals surface area (Å²) in [5.41, 5.74) is 2.36. The van der Waals surface area contributed by atoms with Crippen molar-refractivity contribution in [2.45, 2.75) is 33.2 Å². The van der Waals surface area contributed by atoms with Gasteiger partial charge in [-0.2, -0.15) is 0 Å². The van der Waals surface area contributed by atoms with Crippen LogP contribution in [0.4, 0.5) is 5.69 Å². The van der Waals surface area contributed by atoms with E-state index in [0.717, 1.165) is 18.7 Å². The van der Waals surface area contributed by atoms with Crippen molar-refractivity contribution in [1.82, 2.24) is 0 Å². The maximum absolute atomic E-state index is 5.66. The number of anilines is 1. The van der Waals surface area contributed by atoms with Crippen molar-refractivity contribution in [3.05, 3.63) is 29.8 Å². The highest BCUT2D eigenvalue weighted by Gasteiger charge is 2.23. The third kappa shape index (κ3) is 2.79. The Morgan fingerprint density at radius 3 is 2.29 bits per heavy atom. The molecule has 1 aromatic rings. The van der Waals surface area contributed by atoms with Gasteiger partial charge in [0.25, 0.3) is 0 Å². The molecule has 0 saturated carbocycles. The first-order valence-corrected chi connectivity index (χ1v) is 6.36. The first-order chi connectivity index (χ1) is 8.24. The van der Waals surface area contributed by atoms with Crippen LogP contribution >= 0.6 is 0 Å². The summed E-state index contributed by atoms with van der Waals surface area (Å²) in [6.45, 7) is 9.11. The monoisotopic (exact) mass is 235 g/mol. The summed E-state index contributed by atoms with van der Waals surface area (Å²) in [4.78, 5) is 2.32. The van der Waals surface area contributed by atoms with Crippen LogP contribution in [0.5, 0.6) is 0 Å². The summed E-state index contributed by atoms with van der Waals surface area (Å²) < 4.78 is 11.2. The molecule has 0 aliphatic carbocycles. The molecule has 0 radical (unpaired) electrons. The lowest BCUT2D eigenvalue weighted by molar-refractivity contribution is -0.0572. The number of hydrogen-bond acceptors (Lipinski definition) is 3. The molecule has 1 saturated heterocycles. The van der Waals surface area contributed by atoms with E-state index in [1.807, 2.05) is 6.92 Å². The lowest BCUT2D eigenvalue weighted by Gasteiger charge is -2.21. The van der Waals surface area contributed by atoms with Crippen molar-refractivity contribution in [2.75, 3.05) is 24.6 Å². The van der Waals surface area contributed by atoms with Crippen LogP contribution in [0.15, 0.2) is 24.3 Å². The fraction of sp³-hybridized carbons (Fsp3) is 0.571. The zero-order valence-electron chi connectivity index (χ0n) is 10.8. The predicted molar refractivity (Wildman–Crippen MR) is 69.2 cm³/mol. The predicted octanol–water partition coefficient (Wildman–Crippen LogP) is 2.97. The van der Waals surface area contributed by atoms with E-state index in [4.69, 9.17) is 9.47 Å². The summed E-state index contributed by atoms with van der Waals surface area (Å²) in [6.07, 6.45) is 0.0122. The third-order valence-electron chi connectivity index (χ3n) is 3.13. The van der Waals surface area contributed by atoms with E-state index in [1.165, 1.54) is 5.69 Å². The Labute approximate surface area is 103 Å². The van der Waals surface area contributed by atoms with Gasteiger partial charge >= 0.3 is 0 Å². The van der Waals surface area contributed by atoms with Gasteiger partial charge in [-0.1, -0.05) is 12.1 Å². The number of hydrogen-bond donors (Lipinski definition) is 0. The molecule has 0 bridgehead atoms. The summed E-state index contributed by atoms with van der Waals surface area (Å²) in [5, 5.41) is 0. The maximum atomic E-state index is 5.66. The smallest absolute Gasteiger partial charge is 0.184 e. The lowest BCUT2D eigenvalue weighted by Crippen LogP contribution is -2.21. The van der Waals surface area contributed by atoms with Gasteiger partial charge in [-0.05, 0) is 32.9 Å². The minimum Gasteiger partial charge on any atom is -0.372 e. The Bertz CT molecular complexity index is 346. The van der Waals surface area contributed by atoms with Gasteiger partial charge in [-0.25, -0.2) is 0 Å².